The average Bonchev–Trinajstić information content (AvgIpc) is 2.73. The maximum atomic E-state index is 5.59. The number of hydrogen-bond acceptors (Lipinski definition) is 6. The van der Waals surface area contributed by atoms with Crippen LogP contribution in [0, 0.1) is 0 Å². The van der Waals surface area contributed by atoms with Crippen LogP contribution in [0.4, 0.5) is 0 Å². The lowest BCUT2D eigenvalue weighted by Gasteiger charge is -2.11. The fourth-order valence-electron chi connectivity index (χ4n) is 1.31. The third-order valence-corrected chi connectivity index (χ3v) is 3.22. The van der Waals surface area contributed by atoms with Crippen LogP contribution in [-0.2, 0) is 16.9 Å². The van der Waals surface area contributed by atoms with Crippen LogP contribution in [-0.4, -0.2) is 34.6 Å². The van der Waals surface area contributed by atoms with Gasteiger partial charge in [0.05, 0.1) is 18.3 Å². The molecule has 17 heavy (non-hydrogen) atoms. The smallest absolute Gasteiger partial charge is 0.229 e. The monoisotopic (exact) mass is 259 g/mol. The minimum atomic E-state index is -0.0361. The largest absolute Gasteiger partial charge is 0.377 e. The first-order valence-electron chi connectivity index (χ1n) is 5.90. The Labute approximate surface area is 106 Å². The Morgan fingerprint density at radius 2 is 2.24 bits per heavy atom. The molecule has 0 aromatic carbocycles. The molecule has 0 spiro atoms. The molecule has 0 bridgehead atoms. The lowest BCUT2D eigenvalue weighted by molar-refractivity contribution is 0.0636. The molecular weight excluding hydrogens is 238 g/mol. The maximum Gasteiger partial charge on any atom is 0.229 e. The van der Waals surface area contributed by atoms with E-state index in [0.29, 0.717) is 30.7 Å². The van der Waals surface area contributed by atoms with Crippen LogP contribution in [0.5, 0.6) is 0 Å². The average molecular weight is 259 g/mol. The molecule has 0 saturated carbocycles. The van der Waals surface area contributed by atoms with Gasteiger partial charge < -0.3 is 15.0 Å². The van der Waals surface area contributed by atoms with Gasteiger partial charge in [-0.1, -0.05) is 19.0 Å². The van der Waals surface area contributed by atoms with Gasteiger partial charge >= 0.3 is 0 Å². The van der Waals surface area contributed by atoms with E-state index >= 15 is 0 Å². The number of nitrogens with two attached hydrogens (primary N) is 1. The summed E-state index contributed by atoms with van der Waals surface area (Å²) in [6, 6.07) is 0. The highest BCUT2D eigenvalue weighted by Crippen LogP contribution is 2.15. The summed E-state index contributed by atoms with van der Waals surface area (Å²) < 4.78 is 10.6. The quantitative estimate of drug-likeness (QED) is 0.764. The van der Waals surface area contributed by atoms with Crippen molar-refractivity contribution in [3.8, 4) is 0 Å². The number of nitrogens with zero attached hydrogens (tertiary/aromatic N) is 2. The lowest BCUT2D eigenvalue weighted by atomic mass is 10.2. The Kier molecular flexibility index (Phi) is 6.54. The Morgan fingerprint density at radius 1 is 1.47 bits per heavy atom. The topological polar surface area (TPSA) is 74.2 Å². The van der Waals surface area contributed by atoms with Gasteiger partial charge in [0.25, 0.3) is 0 Å². The molecule has 1 unspecified atom stereocenters. The van der Waals surface area contributed by atoms with Crippen LogP contribution in [0.2, 0.25) is 0 Å². The van der Waals surface area contributed by atoms with Crippen molar-refractivity contribution in [2.24, 2.45) is 5.73 Å². The second kappa shape index (κ2) is 7.68. The van der Waals surface area contributed by atoms with Crippen molar-refractivity contribution in [1.29, 1.82) is 0 Å². The van der Waals surface area contributed by atoms with E-state index in [1.165, 1.54) is 0 Å². The summed E-state index contributed by atoms with van der Waals surface area (Å²) >= 11 is 1.79. The molecular formula is C11H21N3O2S. The van der Waals surface area contributed by atoms with Crippen molar-refractivity contribution < 1.29 is 9.26 Å². The fourth-order valence-corrected chi connectivity index (χ4v) is 1.91. The first kappa shape index (κ1) is 14.5. The zero-order valence-electron chi connectivity index (χ0n) is 10.7. The minimum absolute atomic E-state index is 0.0361. The van der Waals surface area contributed by atoms with Crippen molar-refractivity contribution in [3.63, 3.8) is 0 Å². The molecule has 0 aliphatic heterocycles. The van der Waals surface area contributed by atoms with E-state index in [9.17, 15) is 0 Å². The number of ether oxygens (including phenoxy) is 1. The van der Waals surface area contributed by atoms with E-state index in [4.69, 9.17) is 15.0 Å². The second-order valence-corrected chi connectivity index (χ2v) is 5.55. The standard InChI is InChI=1S/C11H21N3O2S/c1-4-15-9(6-12)5-11-13-10(14-16-11)7-17-8(2)3/h8-9H,4-7,12H2,1-3H3. The van der Waals surface area contributed by atoms with Crippen LogP contribution >= 0.6 is 11.8 Å². The third kappa shape index (κ3) is 5.52. The van der Waals surface area contributed by atoms with E-state index in [0.717, 1.165) is 11.6 Å². The first-order valence-corrected chi connectivity index (χ1v) is 6.95. The minimum Gasteiger partial charge on any atom is -0.377 e. The molecule has 0 saturated heterocycles. The molecule has 0 amide bonds. The zero-order chi connectivity index (χ0) is 12.7. The summed E-state index contributed by atoms with van der Waals surface area (Å²) in [5.41, 5.74) is 5.59. The molecule has 2 N–H and O–H groups in total. The van der Waals surface area contributed by atoms with Gasteiger partial charge in [-0.2, -0.15) is 16.7 Å². The summed E-state index contributed by atoms with van der Waals surface area (Å²) in [4.78, 5) is 4.32. The number of aromatic nitrogens is 2. The Bertz CT molecular complexity index is 317. The van der Waals surface area contributed by atoms with E-state index < -0.39 is 0 Å². The van der Waals surface area contributed by atoms with Gasteiger partial charge in [0.2, 0.25) is 5.89 Å². The van der Waals surface area contributed by atoms with E-state index in [-0.39, 0.29) is 6.10 Å². The normalized spacial score (nSPS) is 13.2. The van der Waals surface area contributed by atoms with Crippen molar-refractivity contribution in [2.45, 2.75) is 44.3 Å². The Balaban J connectivity index is 2.44. The second-order valence-electron chi connectivity index (χ2n) is 3.98. The van der Waals surface area contributed by atoms with Crippen LogP contribution in [0.15, 0.2) is 4.52 Å². The van der Waals surface area contributed by atoms with Gasteiger partial charge in [0.15, 0.2) is 5.82 Å². The molecule has 0 aliphatic rings. The van der Waals surface area contributed by atoms with Gasteiger partial charge in [-0.05, 0) is 12.2 Å². The highest BCUT2D eigenvalue weighted by atomic mass is 32.2. The van der Waals surface area contributed by atoms with Crippen LogP contribution in [0.3, 0.4) is 0 Å². The maximum absolute atomic E-state index is 5.59. The summed E-state index contributed by atoms with van der Waals surface area (Å²) in [7, 11) is 0. The fraction of sp³-hybridized carbons (Fsp3) is 0.818. The number of rotatable bonds is 8. The summed E-state index contributed by atoms with van der Waals surface area (Å²) in [6.45, 7) is 7.34. The van der Waals surface area contributed by atoms with E-state index in [2.05, 4.69) is 24.0 Å². The first-order chi connectivity index (χ1) is 8.15. The molecule has 6 heteroatoms. The number of thioether (sulfide) groups is 1. The summed E-state index contributed by atoms with van der Waals surface area (Å²) in [5.74, 6) is 2.13. The molecule has 0 aliphatic carbocycles. The molecule has 98 valence electrons. The predicted octanol–water partition coefficient (Wildman–Crippen LogP) is 1.62. The van der Waals surface area contributed by atoms with Gasteiger partial charge in [-0.15, -0.1) is 0 Å². The molecule has 1 rings (SSSR count). The SMILES string of the molecule is CCOC(CN)Cc1nc(CSC(C)C)no1. The molecule has 1 heterocycles. The molecule has 0 radical (unpaired) electrons. The molecule has 5 nitrogen and oxygen atoms in total. The Hall–Kier alpha value is -0.590. The number of hydrogen-bond donors (Lipinski definition) is 1. The van der Waals surface area contributed by atoms with Crippen molar-refractivity contribution in [2.75, 3.05) is 13.2 Å². The Morgan fingerprint density at radius 3 is 2.82 bits per heavy atom. The van der Waals surface area contributed by atoms with Crippen molar-refractivity contribution in [1.82, 2.24) is 10.1 Å². The summed E-state index contributed by atoms with van der Waals surface area (Å²) in [6.07, 6.45) is 0.551. The molecule has 1 atom stereocenters. The third-order valence-electron chi connectivity index (χ3n) is 2.12. The van der Waals surface area contributed by atoms with Crippen LogP contribution in [0.25, 0.3) is 0 Å². The van der Waals surface area contributed by atoms with E-state index in [1.807, 2.05) is 6.92 Å². The molecule has 1 aromatic heterocycles. The zero-order valence-corrected chi connectivity index (χ0v) is 11.5. The van der Waals surface area contributed by atoms with Crippen molar-refractivity contribution in [3.05, 3.63) is 11.7 Å². The van der Waals surface area contributed by atoms with Gasteiger partial charge in [0, 0.05) is 13.2 Å². The predicted molar refractivity (Wildman–Crippen MR) is 68.9 cm³/mol. The lowest BCUT2D eigenvalue weighted by Crippen LogP contribution is -2.26. The van der Waals surface area contributed by atoms with Crippen LogP contribution < -0.4 is 5.73 Å². The molecule has 1 aromatic rings. The van der Waals surface area contributed by atoms with Gasteiger partial charge in [0.1, 0.15) is 0 Å². The molecule has 0 fully saturated rings. The highest BCUT2D eigenvalue weighted by molar-refractivity contribution is 7.99. The van der Waals surface area contributed by atoms with Crippen molar-refractivity contribution >= 4 is 11.8 Å². The summed E-state index contributed by atoms with van der Waals surface area (Å²) in [5, 5.41) is 4.50. The van der Waals surface area contributed by atoms with Gasteiger partial charge in [-0.3, -0.25) is 0 Å². The highest BCUT2D eigenvalue weighted by Gasteiger charge is 2.13. The van der Waals surface area contributed by atoms with E-state index in [1.54, 1.807) is 11.8 Å². The van der Waals surface area contributed by atoms with Gasteiger partial charge in [-0.25, -0.2) is 0 Å². The van der Waals surface area contributed by atoms with Crippen LogP contribution in [0.1, 0.15) is 32.5 Å².